The molecule has 1 aromatic carbocycles. The molecule has 1 saturated carbocycles. The van der Waals surface area contributed by atoms with E-state index >= 15 is 0 Å². The lowest BCUT2D eigenvalue weighted by molar-refractivity contribution is -0.129. The van der Waals surface area contributed by atoms with Crippen LogP contribution in [-0.4, -0.2) is 40.8 Å². The molecule has 1 atom stereocenters. The lowest BCUT2D eigenvalue weighted by Crippen LogP contribution is -2.38. The fourth-order valence-electron chi connectivity index (χ4n) is 4.31. The van der Waals surface area contributed by atoms with Gasteiger partial charge in [-0.15, -0.1) is 0 Å². The van der Waals surface area contributed by atoms with Gasteiger partial charge in [0.25, 0.3) is 0 Å². The third-order valence-corrected chi connectivity index (χ3v) is 5.86. The number of likely N-dealkylation sites (tertiary alicyclic amines) is 1. The molecule has 1 saturated heterocycles. The first-order valence-corrected chi connectivity index (χ1v) is 9.75. The molecule has 2 N–H and O–H groups in total. The molecule has 2 amide bonds. The van der Waals surface area contributed by atoms with Gasteiger partial charge in [0, 0.05) is 42.7 Å². The molecule has 1 aromatic heterocycles. The van der Waals surface area contributed by atoms with Crippen molar-refractivity contribution >= 4 is 22.7 Å². The van der Waals surface area contributed by atoms with Crippen LogP contribution in [0.1, 0.15) is 43.2 Å². The van der Waals surface area contributed by atoms with Gasteiger partial charge < -0.3 is 15.2 Å². The second-order valence-corrected chi connectivity index (χ2v) is 7.84. The third kappa shape index (κ3) is 3.48. The summed E-state index contributed by atoms with van der Waals surface area (Å²) in [6.45, 7) is 3.32. The van der Waals surface area contributed by atoms with Crippen LogP contribution in [0.25, 0.3) is 10.9 Å². The topological polar surface area (TPSA) is 65.2 Å². The standard InChI is InChI=1S/C21H27N3O2/c1-14-6-7-19-18(10-14)15(12-22-19)8-9-24-13-16(11-20(24)25)21(26)23-17-4-2-3-5-17/h6-7,10,12,16-17,22H,2-5,8-9,11,13H2,1H3,(H,23,26)/t16-/m1/s1. The molecule has 2 fully saturated rings. The van der Waals surface area contributed by atoms with Gasteiger partial charge in [-0.05, 0) is 43.9 Å². The molecule has 0 spiro atoms. The van der Waals surface area contributed by atoms with Crippen LogP contribution < -0.4 is 5.32 Å². The number of nitrogens with zero attached hydrogens (tertiary/aromatic N) is 1. The smallest absolute Gasteiger partial charge is 0.225 e. The number of carbonyl (C=O) groups is 2. The Morgan fingerprint density at radius 1 is 1.31 bits per heavy atom. The number of rotatable bonds is 5. The molecule has 138 valence electrons. The molecule has 2 aromatic rings. The highest BCUT2D eigenvalue weighted by atomic mass is 16.2. The Balaban J connectivity index is 1.35. The van der Waals surface area contributed by atoms with E-state index in [9.17, 15) is 9.59 Å². The summed E-state index contributed by atoms with van der Waals surface area (Å²) in [5.74, 6) is -0.0172. The van der Waals surface area contributed by atoms with Crippen molar-refractivity contribution in [3.05, 3.63) is 35.5 Å². The first-order valence-electron chi connectivity index (χ1n) is 9.75. The minimum Gasteiger partial charge on any atom is -0.361 e. The zero-order chi connectivity index (χ0) is 18.1. The van der Waals surface area contributed by atoms with Crippen molar-refractivity contribution < 1.29 is 9.59 Å². The third-order valence-electron chi connectivity index (χ3n) is 5.86. The molecular formula is C21H27N3O2. The Bertz CT molecular complexity index is 820. The van der Waals surface area contributed by atoms with Gasteiger partial charge in [-0.2, -0.15) is 0 Å². The minimum atomic E-state index is -0.187. The van der Waals surface area contributed by atoms with Crippen LogP contribution in [0.2, 0.25) is 0 Å². The van der Waals surface area contributed by atoms with Crippen LogP contribution >= 0.6 is 0 Å². The summed E-state index contributed by atoms with van der Waals surface area (Å²) in [6.07, 6.45) is 7.76. The second kappa shape index (κ2) is 7.14. The van der Waals surface area contributed by atoms with E-state index in [1.165, 1.54) is 29.4 Å². The van der Waals surface area contributed by atoms with Gasteiger partial charge in [0.1, 0.15) is 0 Å². The molecule has 0 unspecified atom stereocenters. The number of fused-ring (bicyclic) bond motifs is 1. The molecule has 5 heteroatoms. The highest BCUT2D eigenvalue weighted by Gasteiger charge is 2.35. The highest BCUT2D eigenvalue weighted by Crippen LogP contribution is 2.24. The van der Waals surface area contributed by atoms with Crippen molar-refractivity contribution in [3.8, 4) is 0 Å². The number of amides is 2. The maximum Gasteiger partial charge on any atom is 0.225 e. The Morgan fingerprint density at radius 2 is 2.12 bits per heavy atom. The summed E-state index contributed by atoms with van der Waals surface area (Å²) in [5, 5.41) is 4.37. The van der Waals surface area contributed by atoms with E-state index in [-0.39, 0.29) is 17.7 Å². The average molecular weight is 353 g/mol. The predicted octanol–water partition coefficient (Wildman–Crippen LogP) is 2.93. The lowest BCUT2D eigenvalue weighted by Gasteiger charge is -2.18. The van der Waals surface area contributed by atoms with Crippen LogP contribution in [0.5, 0.6) is 0 Å². The van der Waals surface area contributed by atoms with Crippen molar-refractivity contribution in [2.75, 3.05) is 13.1 Å². The number of hydrogen-bond acceptors (Lipinski definition) is 2. The lowest BCUT2D eigenvalue weighted by atomic mass is 10.1. The van der Waals surface area contributed by atoms with Gasteiger partial charge in [0.15, 0.2) is 0 Å². The molecular weight excluding hydrogens is 326 g/mol. The SMILES string of the molecule is Cc1ccc2[nH]cc(CCN3C[C@H](C(=O)NC4CCCC4)CC3=O)c2c1. The predicted molar refractivity (Wildman–Crippen MR) is 102 cm³/mol. The Kier molecular flexibility index (Phi) is 4.70. The number of aryl methyl sites for hydroxylation is 1. The quantitative estimate of drug-likeness (QED) is 0.868. The Morgan fingerprint density at radius 3 is 2.92 bits per heavy atom. The molecule has 5 nitrogen and oxygen atoms in total. The summed E-state index contributed by atoms with van der Waals surface area (Å²) in [7, 11) is 0. The normalized spacial score (nSPS) is 21.0. The Labute approximate surface area is 154 Å². The zero-order valence-corrected chi connectivity index (χ0v) is 15.4. The van der Waals surface area contributed by atoms with E-state index in [2.05, 4.69) is 35.4 Å². The van der Waals surface area contributed by atoms with E-state index in [4.69, 9.17) is 0 Å². The molecule has 1 aliphatic carbocycles. The van der Waals surface area contributed by atoms with Crippen LogP contribution in [-0.2, 0) is 16.0 Å². The van der Waals surface area contributed by atoms with E-state index in [1.54, 1.807) is 0 Å². The first kappa shape index (κ1) is 17.1. The van der Waals surface area contributed by atoms with Crippen molar-refractivity contribution in [2.45, 2.75) is 51.5 Å². The molecule has 4 rings (SSSR count). The van der Waals surface area contributed by atoms with Gasteiger partial charge in [-0.25, -0.2) is 0 Å². The summed E-state index contributed by atoms with van der Waals surface area (Å²) < 4.78 is 0. The van der Waals surface area contributed by atoms with Crippen molar-refractivity contribution in [1.82, 2.24) is 15.2 Å². The molecule has 0 bridgehead atoms. The maximum atomic E-state index is 12.4. The number of aromatic amines is 1. The van der Waals surface area contributed by atoms with Gasteiger partial charge in [-0.1, -0.05) is 24.5 Å². The number of aromatic nitrogens is 1. The highest BCUT2D eigenvalue weighted by molar-refractivity contribution is 5.89. The van der Waals surface area contributed by atoms with Crippen molar-refractivity contribution in [2.24, 2.45) is 5.92 Å². The van der Waals surface area contributed by atoms with E-state index < -0.39 is 0 Å². The van der Waals surface area contributed by atoms with Crippen LogP contribution in [0.4, 0.5) is 0 Å². The fraction of sp³-hybridized carbons (Fsp3) is 0.524. The van der Waals surface area contributed by atoms with Crippen molar-refractivity contribution in [3.63, 3.8) is 0 Å². The van der Waals surface area contributed by atoms with E-state index in [1.807, 2.05) is 11.1 Å². The van der Waals surface area contributed by atoms with E-state index in [0.717, 1.165) is 24.8 Å². The number of H-pyrrole nitrogens is 1. The van der Waals surface area contributed by atoms with Gasteiger partial charge in [0.05, 0.1) is 5.92 Å². The molecule has 2 heterocycles. The summed E-state index contributed by atoms with van der Waals surface area (Å²) in [6, 6.07) is 6.70. The van der Waals surface area contributed by atoms with E-state index in [0.29, 0.717) is 25.6 Å². The van der Waals surface area contributed by atoms with Gasteiger partial charge in [0.2, 0.25) is 11.8 Å². The fourth-order valence-corrected chi connectivity index (χ4v) is 4.31. The van der Waals surface area contributed by atoms with Gasteiger partial charge >= 0.3 is 0 Å². The Hall–Kier alpha value is -2.30. The molecule has 1 aliphatic heterocycles. The zero-order valence-electron chi connectivity index (χ0n) is 15.4. The maximum absolute atomic E-state index is 12.4. The van der Waals surface area contributed by atoms with Gasteiger partial charge in [-0.3, -0.25) is 9.59 Å². The van der Waals surface area contributed by atoms with Crippen LogP contribution in [0, 0.1) is 12.8 Å². The number of benzene rings is 1. The molecule has 0 radical (unpaired) electrons. The number of nitrogens with one attached hydrogen (secondary N) is 2. The van der Waals surface area contributed by atoms with Crippen LogP contribution in [0.3, 0.4) is 0 Å². The minimum absolute atomic E-state index is 0.0652. The first-order chi connectivity index (χ1) is 12.6. The van der Waals surface area contributed by atoms with Crippen molar-refractivity contribution in [1.29, 1.82) is 0 Å². The monoisotopic (exact) mass is 353 g/mol. The molecule has 2 aliphatic rings. The summed E-state index contributed by atoms with van der Waals surface area (Å²) in [4.78, 5) is 29.9. The van der Waals surface area contributed by atoms with Crippen LogP contribution in [0.15, 0.2) is 24.4 Å². The largest absolute Gasteiger partial charge is 0.361 e. The average Bonchev–Trinajstić information content (AvgIpc) is 3.33. The number of hydrogen-bond donors (Lipinski definition) is 2. The summed E-state index contributed by atoms with van der Waals surface area (Å²) >= 11 is 0. The molecule has 26 heavy (non-hydrogen) atoms. The summed E-state index contributed by atoms with van der Waals surface area (Å²) in [5.41, 5.74) is 3.60. The second-order valence-electron chi connectivity index (χ2n) is 7.84. The number of carbonyl (C=O) groups excluding carboxylic acids is 2.